The molecule has 0 spiro atoms. The first-order valence-corrected chi connectivity index (χ1v) is 42.5. The van der Waals surface area contributed by atoms with Crippen molar-refractivity contribution in [1.29, 1.82) is 0 Å². The normalized spacial score (nSPS) is 24.2. The van der Waals surface area contributed by atoms with E-state index in [1.807, 2.05) is 0 Å². The molecule has 2 saturated carbocycles. The van der Waals surface area contributed by atoms with Gasteiger partial charge in [-0.15, -0.1) is 0 Å². The summed E-state index contributed by atoms with van der Waals surface area (Å²) in [4.78, 5) is 0. The van der Waals surface area contributed by atoms with Gasteiger partial charge in [-0.2, -0.15) is 0 Å². The lowest BCUT2D eigenvalue weighted by Crippen LogP contribution is -2.46. The summed E-state index contributed by atoms with van der Waals surface area (Å²) in [5.41, 5.74) is 43.5. The third-order valence-corrected chi connectivity index (χ3v) is 33.1. The molecule has 0 nitrogen and oxygen atoms in total. The van der Waals surface area contributed by atoms with E-state index in [4.69, 9.17) is 0 Å². The lowest BCUT2D eigenvalue weighted by atomic mass is 9.69. The molecule has 6 aliphatic carbocycles. The largest absolute Gasteiger partial charge is 0.0779 e. The maximum Gasteiger partial charge on any atom is 0.0722 e. The fraction of sp³-hybridized carbons (Fsp3) is 0.473. The van der Waals surface area contributed by atoms with Crippen molar-refractivity contribution >= 4 is 39.4 Å². The van der Waals surface area contributed by atoms with Crippen LogP contribution in [0.4, 0.5) is 0 Å². The predicted molar refractivity (Wildman–Crippen MR) is 417 cm³/mol. The highest BCUT2D eigenvalue weighted by Crippen LogP contribution is 2.67. The second kappa shape index (κ2) is 26.0. The highest BCUT2D eigenvalue weighted by atomic mass is 28.3. The summed E-state index contributed by atoms with van der Waals surface area (Å²) in [5, 5.41) is 0. The Kier molecular flexibility index (Phi) is 19.6. The molecule has 2 heteroatoms. The molecule has 2 fully saturated rings. The second-order valence-corrected chi connectivity index (χ2v) is 44.5. The number of hydrogen-bond acceptors (Lipinski definition) is 0. The highest BCUT2D eigenvalue weighted by Gasteiger charge is 2.59. The standard InChI is InChI=1S/C44H60Si.C44H52Si.C3H8/c2*1-25-14-26(2)17-33(16-25)35-20-29(5)21-38-36(35)22-30(6)42(38)45(12,13)43-31(7)23-37-39(43)24-40(44(9,10)11)32(8)41(37)34-18-27(3)15-28(4)19-34;1-3-2/h14-21,24,30-31,36-39,42-43H,22-23H2,1-13H3;14-24,42-43H,1-13H3;3H2,1-2H3. The molecule has 0 saturated heterocycles. The van der Waals surface area contributed by atoms with E-state index < -0.39 is 16.1 Å². The van der Waals surface area contributed by atoms with Gasteiger partial charge in [-0.1, -0.05) is 290 Å². The van der Waals surface area contributed by atoms with Gasteiger partial charge in [0.15, 0.2) is 0 Å². The SMILES string of the molecule is CC1=CC2C(CC(C)C2[Si](C)(C)C2C(C)CC3C(c4cc(C)cc(C)c4)=C(C)C(C(C)(C)C)=CC32)C(c2cc(C)cc(C)c2)=C1.CC1=Cc2c(-c3cc(C)cc(C)c3)cc(C)cc2C1[Si](C)(C)C1C(C)=Cc2c1cc(C(C)(C)C)c(C)c2-c1cc(C)cc(C)c1.CCC. The number of benzene rings is 6. The Balaban J connectivity index is 0.000000195. The average Bonchev–Trinajstić information content (AvgIpc) is 1.60. The Morgan fingerprint density at radius 1 is 0.419 bits per heavy atom. The zero-order valence-corrected chi connectivity index (χ0v) is 65.4. The van der Waals surface area contributed by atoms with E-state index in [-0.39, 0.29) is 10.8 Å². The van der Waals surface area contributed by atoms with E-state index in [1.165, 1.54) is 136 Å². The number of allylic oxidation sites excluding steroid dienone is 10. The number of rotatable bonds is 8. The highest BCUT2D eigenvalue weighted by molar-refractivity contribution is 6.82. The van der Waals surface area contributed by atoms with Crippen molar-refractivity contribution in [2.24, 2.45) is 40.9 Å². The Hall–Kier alpha value is -5.81. The van der Waals surface area contributed by atoms with Crippen LogP contribution in [0, 0.1) is 110 Å². The first kappa shape index (κ1) is 70.0. The Labute approximate surface area is 569 Å². The third-order valence-electron chi connectivity index (χ3n) is 23.3. The first-order valence-electron chi connectivity index (χ1n) is 36.2. The van der Waals surface area contributed by atoms with Gasteiger partial charge in [0, 0.05) is 11.1 Å². The van der Waals surface area contributed by atoms with Crippen LogP contribution in [0.15, 0.2) is 137 Å². The van der Waals surface area contributed by atoms with Gasteiger partial charge in [0.05, 0.1) is 16.1 Å². The molecule has 6 aromatic rings. The Bertz CT molecular complexity index is 4030. The summed E-state index contributed by atoms with van der Waals surface area (Å²) in [6.45, 7) is 67.3. The summed E-state index contributed by atoms with van der Waals surface area (Å²) in [7, 11) is -3.78. The monoisotopic (exact) mass is 1270 g/mol. The molecule has 6 aromatic carbocycles. The topological polar surface area (TPSA) is 0 Å². The minimum absolute atomic E-state index is 0.0627. The van der Waals surface area contributed by atoms with Crippen LogP contribution in [0.5, 0.6) is 0 Å². The molecule has 492 valence electrons. The van der Waals surface area contributed by atoms with Gasteiger partial charge >= 0.3 is 0 Å². The fourth-order valence-electron chi connectivity index (χ4n) is 21.0. The van der Waals surface area contributed by atoms with Crippen LogP contribution in [0.2, 0.25) is 37.3 Å². The van der Waals surface area contributed by atoms with Crippen molar-refractivity contribution in [3.63, 3.8) is 0 Å². The van der Waals surface area contributed by atoms with Crippen molar-refractivity contribution in [3.8, 4) is 22.3 Å². The minimum Gasteiger partial charge on any atom is -0.0779 e. The molecule has 6 aliphatic rings. The quantitative estimate of drug-likeness (QED) is 0.133. The zero-order valence-electron chi connectivity index (χ0n) is 63.4. The molecule has 10 unspecified atom stereocenters. The van der Waals surface area contributed by atoms with Crippen molar-refractivity contribution < 1.29 is 0 Å². The van der Waals surface area contributed by atoms with Gasteiger partial charge < -0.3 is 0 Å². The first-order chi connectivity index (χ1) is 43.3. The molecule has 0 heterocycles. The Morgan fingerprint density at radius 2 is 0.828 bits per heavy atom. The third kappa shape index (κ3) is 13.3. The molecular formula is C91H120Si2. The van der Waals surface area contributed by atoms with Gasteiger partial charge in [-0.3, -0.25) is 0 Å². The van der Waals surface area contributed by atoms with E-state index in [1.54, 1.807) is 39.0 Å². The second-order valence-electron chi connectivity index (χ2n) is 34.7. The molecule has 0 aromatic heterocycles. The molecular weight excluding hydrogens is 1150 g/mol. The maximum atomic E-state index is 2.83. The molecule has 0 radical (unpaired) electrons. The molecule has 10 atom stereocenters. The van der Waals surface area contributed by atoms with Crippen LogP contribution in [0.25, 0.3) is 45.6 Å². The molecule has 0 amide bonds. The Morgan fingerprint density at radius 3 is 1.30 bits per heavy atom. The van der Waals surface area contributed by atoms with E-state index in [2.05, 4.69) is 314 Å². The van der Waals surface area contributed by atoms with E-state index in [0.717, 1.165) is 22.9 Å². The van der Waals surface area contributed by atoms with Gasteiger partial charge in [-0.25, -0.2) is 0 Å². The van der Waals surface area contributed by atoms with Crippen LogP contribution < -0.4 is 0 Å². The predicted octanol–water partition coefficient (Wildman–Crippen LogP) is 26.8. The average molecular weight is 1270 g/mol. The molecule has 93 heavy (non-hydrogen) atoms. The lowest BCUT2D eigenvalue weighted by molar-refractivity contribution is 0.465. The van der Waals surface area contributed by atoms with Crippen LogP contribution in [-0.2, 0) is 5.41 Å². The van der Waals surface area contributed by atoms with Crippen molar-refractivity contribution in [2.75, 3.05) is 0 Å². The summed E-state index contributed by atoms with van der Waals surface area (Å²) < 4.78 is 0. The number of aryl methyl sites for hydroxylation is 9. The summed E-state index contributed by atoms with van der Waals surface area (Å²) in [6, 6.07) is 36.2. The van der Waals surface area contributed by atoms with Gasteiger partial charge in [0.2, 0.25) is 0 Å². The van der Waals surface area contributed by atoms with Gasteiger partial charge in [-0.05, 0) is 256 Å². The van der Waals surface area contributed by atoms with E-state index >= 15 is 0 Å². The molecule has 12 rings (SSSR count). The van der Waals surface area contributed by atoms with Crippen LogP contribution >= 0.6 is 0 Å². The van der Waals surface area contributed by atoms with E-state index in [0.29, 0.717) is 34.8 Å². The summed E-state index contributed by atoms with van der Waals surface area (Å²) in [6.07, 6.45) is 17.1. The lowest BCUT2D eigenvalue weighted by Gasteiger charge is -2.47. The van der Waals surface area contributed by atoms with Crippen LogP contribution in [0.3, 0.4) is 0 Å². The van der Waals surface area contributed by atoms with Gasteiger partial charge in [0.25, 0.3) is 0 Å². The summed E-state index contributed by atoms with van der Waals surface area (Å²) >= 11 is 0. The van der Waals surface area contributed by atoms with Crippen molar-refractivity contribution in [2.45, 2.75) is 239 Å². The van der Waals surface area contributed by atoms with Crippen molar-refractivity contribution in [1.82, 2.24) is 0 Å². The molecule has 0 aliphatic heterocycles. The smallest absolute Gasteiger partial charge is 0.0722 e. The molecule has 0 bridgehead atoms. The van der Waals surface area contributed by atoms with Gasteiger partial charge in [0.1, 0.15) is 0 Å². The van der Waals surface area contributed by atoms with Crippen LogP contribution in [0.1, 0.15) is 222 Å². The maximum absolute atomic E-state index is 2.83. The number of fused-ring (bicyclic) bond motifs is 4. The van der Waals surface area contributed by atoms with Crippen LogP contribution in [-0.4, -0.2) is 16.1 Å². The van der Waals surface area contributed by atoms with E-state index in [9.17, 15) is 0 Å². The summed E-state index contributed by atoms with van der Waals surface area (Å²) in [5.74, 6) is 4.10. The fourth-order valence-corrected chi connectivity index (χ4v) is 32.2. The number of hydrogen-bond donors (Lipinski definition) is 0. The minimum atomic E-state index is -2.02. The molecule has 0 N–H and O–H groups in total. The van der Waals surface area contributed by atoms with Crippen molar-refractivity contribution in [3.05, 3.63) is 232 Å². The zero-order chi connectivity index (χ0) is 68.2.